The van der Waals surface area contributed by atoms with Crippen LogP contribution in [-0.4, -0.2) is 43.9 Å². The van der Waals surface area contributed by atoms with E-state index in [0.29, 0.717) is 24.1 Å². The molecular weight excluding hydrogens is 328 g/mol. The lowest BCUT2D eigenvalue weighted by Crippen LogP contribution is -2.37. The maximum Gasteiger partial charge on any atom is 0.256 e. The number of nitrogens with zero attached hydrogens (tertiary/aromatic N) is 4. The van der Waals surface area contributed by atoms with Gasteiger partial charge >= 0.3 is 0 Å². The van der Waals surface area contributed by atoms with Crippen LogP contribution in [0.4, 0.5) is 0 Å². The highest BCUT2D eigenvalue weighted by Crippen LogP contribution is 2.26. The zero-order valence-electron chi connectivity index (χ0n) is 14.6. The van der Waals surface area contributed by atoms with E-state index >= 15 is 0 Å². The molecule has 0 radical (unpaired) electrons. The zero-order valence-corrected chi connectivity index (χ0v) is 14.6. The summed E-state index contributed by atoms with van der Waals surface area (Å²) in [4.78, 5) is 31.7. The first-order valence-electron chi connectivity index (χ1n) is 8.79. The number of carbonyl (C=O) groups excluding carboxylic acids is 2. The molecule has 3 heterocycles. The number of amides is 1. The van der Waals surface area contributed by atoms with Gasteiger partial charge in [0.1, 0.15) is 0 Å². The molecule has 0 saturated carbocycles. The van der Waals surface area contributed by atoms with Gasteiger partial charge in [-0.15, -0.1) is 0 Å². The van der Waals surface area contributed by atoms with Crippen molar-refractivity contribution in [1.82, 2.24) is 19.7 Å². The molecule has 1 aliphatic rings. The van der Waals surface area contributed by atoms with Crippen molar-refractivity contribution in [3.05, 3.63) is 60.2 Å². The molecule has 1 aromatic carbocycles. The van der Waals surface area contributed by atoms with Crippen LogP contribution in [0.2, 0.25) is 0 Å². The minimum Gasteiger partial charge on any atom is -0.335 e. The largest absolute Gasteiger partial charge is 0.335 e. The molecule has 26 heavy (non-hydrogen) atoms. The molecule has 1 amide bonds. The third kappa shape index (κ3) is 2.98. The second kappa shape index (κ2) is 6.71. The van der Waals surface area contributed by atoms with Crippen molar-refractivity contribution < 1.29 is 9.59 Å². The number of fused-ring (bicyclic) bond motifs is 1. The molecule has 1 fully saturated rings. The average Bonchev–Trinajstić information content (AvgIpc) is 3.29. The van der Waals surface area contributed by atoms with Crippen molar-refractivity contribution in [3.63, 3.8) is 0 Å². The van der Waals surface area contributed by atoms with Crippen LogP contribution >= 0.6 is 0 Å². The molecule has 2 aromatic heterocycles. The molecule has 6 heteroatoms. The Hall–Kier alpha value is -3.02. The Morgan fingerprint density at radius 3 is 2.85 bits per heavy atom. The smallest absolute Gasteiger partial charge is 0.256 e. The Morgan fingerprint density at radius 1 is 1.19 bits per heavy atom. The number of hydrogen-bond donors (Lipinski definition) is 0. The average molecular weight is 348 g/mol. The van der Waals surface area contributed by atoms with Gasteiger partial charge in [-0.2, -0.15) is 5.10 Å². The Bertz CT molecular complexity index is 973. The molecule has 132 valence electrons. The van der Waals surface area contributed by atoms with E-state index in [1.807, 2.05) is 29.2 Å². The number of hydrogen-bond acceptors (Lipinski definition) is 4. The standard InChI is InChI=1S/C20H20N4O2/c1-23-13-15(11-22-23)19(25)9-16-6-4-8-24(16)20(26)18-12-21-10-14-5-2-3-7-17(14)18/h2-3,5,7,10-13,16H,4,6,8-9H2,1H3/t16-/m1/s1. The summed E-state index contributed by atoms with van der Waals surface area (Å²) in [5, 5.41) is 5.90. The van der Waals surface area contributed by atoms with E-state index in [1.165, 1.54) is 0 Å². The van der Waals surface area contributed by atoms with Crippen LogP contribution in [0.5, 0.6) is 0 Å². The van der Waals surface area contributed by atoms with Gasteiger partial charge < -0.3 is 4.90 Å². The van der Waals surface area contributed by atoms with Gasteiger partial charge in [0.25, 0.3) is 5.91 Å². The molecule has 0 aliphatic carbocycles. The number of likely N-dealkylation sites (tertiary alicyclic amines) is 1. The van der Waals surface area contributed by atoms with E-state index in [0.717, 1.165) is 23.6 Å². The quantitative estimate of drug-likeness (QED) is 0.680. The van der Waals surface area contributed by atoms with E-state index in [2.05, 4.69) is 10.1 Å². The summed E-state index contributed by atoms with van der Waals surface area (Å²) >= 11 is 0. The van der Waals surface area contributed by atoms with Crippen molar-refractivity contribution in [1.29, 1.82) is 0 Å². The summed E-state index contributed by atoms with van der Waals surface area (Å²) < 4.78 is 1.62. The number of pyridine rings is 1. The minimum atomic E-state index is -0.0748. The molecule has 0 N–H and O–H groups in total. The summed E-state index contributed by atoms with van der Waals surface area (Å²) in [5.41, 5.74) is 1.20. The van der Waals surface area contributed by atoms with Gasteiger partial charge in [0.2, 0.25) is 0 Å². The second-order valence-corrected chi connectivity index (χ2v) is 6.73. The van der Waals surface area contributed by atoms with Crippen LogP contribution in [0.1, 0.15) is 40.0 Å². The zero-order chi connectivity index (χ0) is 18.1. The normalized spacial score (nSPS) is 17.0. The van der Waals surface area contributed by atoms with Gasteiger partial charge in [0, 0.05) is 50.0 Å². The monoisotopic (exact) mass is 348 g/mol. The fourth-order valence-corrected chi connectivity index (χ4v) is 3.65. The van der Waals surface area contributed by atoms with Gasteiger partial charge in [-0.25, -0.2) is 0 Å². The topological polar surface area (TPSA) is 68.1 Å². The highest BCUT2D eigenvalue weighted by atomic mass is 16.2. The van der Waals surface area contributed by atoms with Crippen LogP contribution in [0.15, 0.2) is 49.1 Å². The van der Waals surface area contributed by atoms with Gasteiger partial charge in [-0.1, -0.05) is 24.3 Å². The molecule has 0 bridgehead atoms. The third-order valence-electron chi connectivity index (χ3n) is 4.98. The van der Waals surface area contributed by atoms with Crippen molar-refractivity contribution in [3.8, 4) is 0 Å². The highest BCUT2D eigenvalue weighted by Gasteiger charge is 2.32. The van der Waals surface area contributed by atoms with Crippen molar-refractivity contribution in [2.45, 2.75) is 25.3 Å². The first-order chi connectivity index (χ1) is 12.6. The Labute approximate surface area is 151 Å². The van der Waals surface area contributed by atoms with Crippen LogP contribution in [-0.2, 0) is 7.05 Å². The Kier molecular flexibility index (Phi) is 4.24. The van der Waals surface area contributed by atoms with Gasteiger partial charge in [0.15, 0.2) is 5.78 Å². The van der Waals surface area contributed by atoms with Gasteiger partial charge in [-0.05, 0) is 18.2 Å². The third-order valence-corrected chi connectivity index (χ3v) is 4.98. The summed E-state index contributed by atoms with van der Waals surface area (Å²) in [6.07, 6.45) is 8.78. The maximum atomic E-state index is 13.2. The SMILES string of the molecule is Cn1cc(C(=O)C[C@H]2CCCN2C(=O)c2cncc3ccccc23)cn1. The van der Waals surface area contributed by atoms with Crippen LogP contribution in [0.25, 0.3) is 10.8 Å². The number of ketones is 1. The highest BCUT2D eigenvalue weighted by molar-refractivity contribution is 6.07. The van der Waals surface area contributed by atoms with E-state index in [-0.39, 0.29) is 17.7 Å². The molecule has 1 atom stereocenters. The second-order valence-electron chi connectivity index (χ2n) is 6.73. The lowest BCUT2D eigenvalue weighted by molar-refractivity contribution is 0.0718. The fraction of sp³-hybridized carbons (Fsp3) is 0.300. The van der Waals surface area contributed by atoms with Crippen molar-refractivity contribution in [2.75, 3.05) is 6.54 Å². The maximum absolute atomic E-state index is 13.2. The number of rotatable bonds is 4. The first kappa shape index (κ1) is 16.4. The Morgan fingerprint density at radius 2 is 2.04 bits per heavy atom. The molecule has 4 rings (SSSR count). The first-order valence-corrected chi connectivity index (χ1v) is 8.79. The van der Waals surface area contributed by atoms with E-state index < -0.39 is 0 Å². The number of carbonyl (C=O) groups is 2. The molecule has 1 aliphatic heterocycles. The molecule has 0 unspecified atom stereocenters. The summed E-state index contributed by atoms with van der Waals surface area (Å²) in [5.74, 6) is -0.0189. The van der Waals surface area contributed by atoms with E-state index in [4.69, 9.17) is 0 Å². The van der Waals surface area contributed by atoms with Crippen LogP contribution in [0, 0.1) is 0 Å². The lowest BCUT2D eigenvalue weighted by Gasteiger charge is -2.24. The predicted molar refractivity (Wildman–Crippen MR) is 98.0 cm³/mol. The number of Topliss-reactive ketones (excluding diaryl/α,β-unsaturated/α-hetero) is 1. The summed E-state index contributed by atoms with van der Waals surface area (Å²) in [6.45, 7) is 0.674. The number of aryl methyl sites for hydroxylation is 1. The number of benzene rings is 1. The molecule has 1 saturated heterocycles. The van der Waals surface area contributed by atoms with Crippen molar-refractivity contribution in [2.24, 2.45) is 7.05 Å². The predicted octanol–water partition coefficient (Wildman–Crippen LogP) is 2.85. The summed E-state index contributed by atoms with van der Waals surface area (Å²) in [6, 6.07) is 7.67. The van der Waals surface area contributed by atoms with E-state index in [9.17, 15) is 9.59 Å². The molecule has 0 spiro atoms. The lowest BCUT2D eigenvalue weighted by atomic mass is 10.0. The van der Waals surface area contributed by atoms with Gasteiger partial charge in [0.05, 0.1) is 17.3 Å². The molecule has 6 nitrogen and oxygen atoms in total. The summed E-state index contributed by atoms with van der Waals surface area (Å²) in [7, 11) is 1.79. The molecule has 3 aromatic rings. The fourth-order valence-electron chi connectivity index (χ4n) is 3.65. The Balaban J connectivity index is 1.57. The van der Waals surface area contributed by atoms with Gasteiger partial charge in [-0.3, -0.25) is 19.3 Å². The van der Waals surface area contributed by atoms with Crippen molar-refractivity contribution >= 4 is 22.5 Å². The minimum absolute atomic E-state index is 0.0267. The molecular formula is C20H20N4O2. The van der Waals surface area contributed by atoms with Crippen LogP contribution < -0.4 is 0 Å². The number of aromatic nitrogens is 3. The van der Waals surface area contributed by atoms with E-state index in [1.54, 1.807) is 36.5 Å². The van der Waals surface area contributed by atoms with Crippen LogP contribution in [0.3, 0.4) is 0 Å².